The van der Waals surface area contributed by atoms with Crippen LogP contribution in [0.4, 0.5) is 11.4 Å². The van der Waals surface area contributed by atoms with Crippen molar-refractivity contribution >= 4 is 34.3 Å². The molecule has 8 heteroatoms. The molecule has 0 bridgehead atoms. The third kappa shape index (κ3) is 5.48. The van der Waals surface area contributed by atoms with Gasteiger partial charge in [-0.2, -0.15) is 0 Å². The largest absolute Gasteiger partial charge is 0.464 e. The molecule has 2 atom stereocenters. The molecule has 0 saturated carbocycles. The smallest absolute Gasteiger partial charge is 0.356 e. The van der Waals surface area contributed by atoms with Gasteiger partial charge in [0.2, 0.25) is 5.91 Å². The second kappa shape index (κ2) is 10.9. The third-order valence-corrected chi connectivity index (χ3v) is 6.57. The lowest BCUT2D eigenvalue weighted by Gasteiger charge is -2.15. The number of anilines is 2. The van der Waals surface area contributed by atoms with Gasteiger partial charge in [-0.05, 0) is 37.8 Å². The van der Waals surface area contributed by atoms with E-state index in [1.165, 1.54) is 12.7 Å². The summed E-state index contributed by atoms with van der Waals surface area (Å²) in [6.45, 7) is 7.68. The van der Waals surface area contributed by atoms with Crippen LogP contribution in [0, 0.1) is 12.8 Å². The van der Waals surface area contributed by atoms with Crippen molar-refractivity contribution < 1.29 is 19.1 Å². The Morgan fingerprint density at radius 1 is 1.31 bits per heavy atom. The maximum atomic E-state index is 13.0. The third-order valence-electron chi connectivity index (χ3n) is 6.57. The summed E-state index contributed by atoms with van der Waals surface area (Å²) in [7, 11) is 1.35. The second-order valence-corrected chi connectivity index (χ2v) is 9.20. The van der Waals surface area contributed by atoms with Crippen LogP contribution in [0.2, 0.25) is 0 Å². The molecule has 3 heterocycles. The minimum Gasteiger partial charge on any atom is -0.464 e. The van der Waals surface area contributed by atoms with Crippen molar-refractivity contribution in [2.24, 2.45) is 5.92 Å². The van der Waals surface area contributed by atoms with E-state index >= 15 is 0 Å². The van der Waals surface area contributed by atoms with E-state index in [0.29, 0.717) is 42.8 Å². The van der Waals surface area contributed by atoms with Gasteiger partial charge < -0.3 is 24.7 Å². The first-order valence-electron chi connectivity index (χ1n) is 12.2. The number of rotatable bonds is 9. The van der Waals surface area contributed by atoms with Crippen LogP contribution in [-0.4, -0.2) is 41.2 Å². The molecule has 2 N–H and O–H groups in total. The van der Waals surface area contributed by atoms with Gasteiger partial charge in [0.05, 0.1) is 37.3 Å². The van der Waals surface area contributed by atoms with E-state index in [2.05, 4.69) is 35.8 Å². The van der Waals surface area contributed by atoms with Gasteiger partial charge in [-0.1, -0.05) is 43.7 Å². The number of pyridine rings is 1. The van der Waals surface area contributed by atoms with Gasteiger partial charge in [0, 0.05) is 24.5 Å². The lowest BCUT2D eigenvalue weighted by molar-refractivity contribution is -0.119. The molecule has 1 amide bonds. The van der Waals surface area contributed by atoms with Crippen LogP contribution in [0.15, 0.2) is 36.5 Å². The maximum Gasteiger partial charge on any atom is 0.356 e. The number of aromatic nitrogens is 2. The molecule has 1 aliphatic heterocycles. The van der Waals surface area contributed by atoms with Crippen molar-refractivity contribution in [2.45, 2.75) is 59.2 Å². The minimum absolute atomic E-state index is 0.0203. The molecule has 0 radical (unpaired) electrons. The number of hydrogen-bond acceptors (Lipinski definition) is 6. The molecule has 0 spiro atoms. The van der Waals surface area contributed by atoms with Gasteiger partial charge in [-0.15, -0.1) is 0 Å². The zero-order valence-corrected chi connectivity index (χ0v) is 20.9. The normalized spacial score (nSPS) is 16.3. The fraction of sp³-hybridized carbons (Fsp3) is 0.444. The molecule has 1 aromatic carbocycles. The summed E-state index contributed by atoms with van der Waals surface area (Å²) in [5.74, 6) is -0.866. The van der Waals surface area contributed by atoms with Crippen molar-refractivity contribution in [3.63, 3.8) is 0 Å². The van der Waals surface area contributed by atoms with E-state index in [4.69, 9.17) is 14.5 Å². The lowest BCUT2D eigenvalue weighted by Crippen LogP contribution is -2.23. The molecule has 4 rings (SSSR count). The highest BCUT2D eigenvalue weighted by atomic mass is 16.5. The topological polar surface area (TPSA) is 94.5 Å². The summed E-state index contributed by atoms with van der Waals surface area (Å²) in [6, 6.07) is 10.2. The summed E-state index contributed by atoms with van der Waals surface area (Å²) in [6.07, 6.45) is 4.31. The summed E-state index contributed by atoms with van der Waals surface area (Å²) in [4.78, 5) is 30.6. The van der Waals surface area contributed by atoms with Crippen LogP contribution < -0.4 is 10.6 Å². The fourth-order valence-corrected chi connectivity index (χ4v) is 4.38. The van der Waals surface area contributed by atoms with Crippen LogP contribution in [0.3, 0.4) is 0 Å². The van der Waals surface area contributed by atoms with Crippen LogP contribution in [-0.2, 0) is 27.4 Å². The number of methoxy groups -OCH3 is 1. The van der Waals surface area contributed by atoms with Crippen molar-refractivity contribution in [1.82, 2.24) is 9.55 Å². The molecule has 2 aromatic heterocycles. The number of aryl methyl sites for hydroxylation is 1. The zero-order valence-electron chi connectivity index (χ0n) is 20.9. The molecule has 3 aromatic rings. The number of ether oxygens (including phenoxy) is 2. The van der Waals surface area contributed by atoms with E-state index in [1.54, 1.807) is 6.20 Å². The van der Waals surface area contributed by atoms with Crippen LogP contribution in [0.1, 0.15) is 54.7 Å². The summed E-state index contributed by atoms with van der Waals surface area (Å²) >= 11 is 0. The fourth-order valence-electron chi connectivity index (χ4n) is 4.38. The first kappa shape index (κ1) is 24.7. The van der Waals surface area contributed by atoms with E-state index in [-0.39, 0.29) is 23.6 Å². The van der Waals surface area contributed by atoms with Gasteiger partial charge in [0.25, 0.3) is 0 Å². The molecule has 0 aliphatic carbocycles. The standard InChI is InChI=1S/C27H34N4O4/c1-5-18(3)26(32)30-23-22-13-20(28-14-19-9-6-8-17(2)12-19)15-29-25(22)31(24(23)27(33)34-4)16-21-10-7-11-35-21/h6,8-9,12-13,15,18,21,28H,5,7,10-11,14,16H2,1-4H3,(H,30,32)/t18-,21-/m1/s1. The average molecular weight is 479 g/mol. The Morgan fingerprint density at radius 3 is 2.83 bits per heavy atom. The Hall–Kier alpha value is -3.39. The first-order valence-corrected chi connectivity index (χ1v) is 12.2. The number of carbonyl (C=O) groups is 2. The Morgan fingerprint density at radius 2 is 2.14 bits per heavy atom. The van der Waals surface area contributed by atoms with Gasteiger partial charge in [-0.25, -0.2) is 9.78 Å². The van der Waals surface area contributed by atoms with Gasteiger partial charge >= 0.3 is 5.97 Å². The highest BCUT2D eigenvalue weighted by molar-refractivity contribution is 6.11. The van der Waals surface area contributed by atoms with Gasteiger partial charge in [0.15, 0.2) is 5.69 Å². The van der Waals surface area contributed by atoms with Crippen molar-refractivity contribution in [2.75, 3.05) is 24.4 Å². The summed E-state index contributed by atoms with van der Waals surface area (Å²) in [5.41, 5.74) is 4.48. The van der Waals surface area contributed by atoms with Gasteiger partial charge in [0.1, 0.15) is 5.65 Å². The molecule has 35 heavy (non-hydrogen) atoms. The first-order chi connectivity index (χ1) is 16.9. The van der Waals surface area contributed by atoms with Gasteiger partial charge in [-0.3, -0.25) is 4.79 Å². The predicted molar refractivity (Wildman–Crippen MR) is 137 cm³/mol. The quantitative estimate of drug-likeness (QED) is 0.425. The van der Waals surface area contributed by atoms with Crippen molar-refractivity contribution in [3.8, 4) is 0 Å². The number of carbonyl (C=O) groups excluding carboxylic acids is 2. The zero-order chi connectivity index (χ0) is 24.9. The number of amides is 1. The lowest BCUT2D eigenvalue weighted by atomic mass is 10.1. The summed E-state index contributed by atoms with van der Waals surface area (Å²) < 4.78 is 12.8. The molecular formula is C27H34N4O4. The molecule has 1 saturated heterocycles. The predicted octanol–water partition coefficient (Wildman–Crippen LogP) is 4.91. The monoisotopic (exact) mass is 478 g/mol. The number of fused-ring (bicyclic) bond motifs is 1. The molecule has 8 nitrogen and oxygen atoms in total. The molecule has 0 unspecified atom stereocenters. The minimum atomic E-state index is -0.519. The highest BCUT2D eigenvalue weighted by Gasteiger charge is 2.29. The number of nitrogens with one attached hydrogen (secondary N) is 2. The molecule has 1 fully saturated rings. The van der Waals surface area contributed by atoms with Crippen molar-refractivity contribution in [1.29, 1.82) is 0 Å². The van der Waals surface area contributed by atoms with Crippen molar-refractivity contribution in [3.05, 3.63) is 53.3 Å². The highest BCUT2D eigenvalue weighted by Crippen LogP contribution is 2.34. The molecular weight excluding hydrogens is 444 g/mol. The number of hydrogen-bond donors (Lipinski definition) is 2. The average Bonchev–Trinajstić information content (AvgIpc) is 3.48. The number of benzene rings is 1. The van der Waals surface area contributed by atoms with E-state index < -0.39 is 5.97 Å². The van der Waals surface area contributed by atoms with Crippen LogP contribution in [0.25, 0.3) is 11.0 Å². The Balaban J connectivity index is 1.77. The second-order valence-electron chi connectivity index (χ2n) is 9.20. The van der Waals surface area contributed by atoms with E-state index in [0.717, 1.165) is 24.1 Å². The SMILES string of the molecule is CC[C@@H](C)C(=O)Nc1c(C(=O)OC)n(C[C@H]2CCCO2)c2ncc(NCc3cccc(C)c3)cc12. The Bertz CT molecular complexity index is 1210. The molecule has 186 valence electrons. The maximum absolute atomic E-state index is 13.0. The molecule has 1 aliphatic rings. The van der Waals surface area contributed by atoms with Crippen LogP contribution in [0.5, 0.6) is 0 Å². The summed E-state index contributed by atoms with van der Waals surface area (Å²) in [5, 5.41) is 7.11. The Kier molecular flexibility index (Phi) is 7.70. The number of nitrogens with zero attached hydrogens (tertiary/aromatic N) is 2. The van der Waals surface area contributed by atoms with E-state index in [1.807, 2.05) is 30.5 Å². The van der Waals surface area contributed by atoms with Crippen LogP contribution >= 0.6 is 0 Å². The number of esters is 1. The Labute approximate surface area is 206 Å². The van der Waals surface area contributed by atoms with E-state index in [9.17, 15) is 9.59 Å².